The van der Waals surface area contributed by atoms with Gasteiger partial charge in [0.1, 0.15) is 0 Å². The number of carbonyl (C=O) groups is 3. The fraction of sp³-hybridized carbons (Fsp3) is 0. The molecule has 4 N–H and O–H groups in total. The fourth-order valence-electron chi connectivity index (χ4n) is 0. The summed E-state index contributed by atoms with van der Waals surface area (Å²) in [5.74, 6) is 0. The summed E-state index contributed by atoms with van der Waals surface area (Å²) in [5.41, 5.74) is 0. The van der Waals surface area contributed by atoms with Gasteiger partial charge in [-0.1, -0.05) is 0 Å². The number of carbonyl (C=O) groups excluding carboxylic acids is 3. The third kappa shape index (κ3) is 342. The Bertz CT molecular complexity index is 54.6. The van der Waals surface area contributed by atoms with Crippen LogP contribution in [0.3, 0.4) is 0 Å². The zero-order chi connectivity index (χ0) is 8.12. The monoisotopic (exact) mass is 216 g/mol. The molecule has 7 nitrogen and oxygen atoms in total. The van der Waals surface area contributed by atoms with Gasteiger partial charge in [-0.2, -0.15) is 0 Å². The average molecular weight is 217 g/mol. The van der Waals surface area contributed by atoms with E-state index in [9.17, 15) is 0 Å². The molecule has 0 aromatic heterocycles. The van der Waals surface area contributed by atoms with Crippen molar-refractivity contribution < 1.29 is 46.8 Å². The number of quaternary nitrogens is 1. The zero-order valence-electron chi connectivity index (χ0n) is 5.48. The quantitative estimate of drug-likeness (QED) is 0.317. The van der Waals surface area contributed by atoms with Gasteiger partial charge in [-0.05, 0) is 0 Å². The predicted molar refractivity (Wildman–Crippen MR) is 24.2 cm³/mol. The maximum absolute atomic E-state index is 8.25. The van der Waals surface area contributed by atoms with Gasteiger partial charge in [0.15, 0.2) is 0 Å². The molecule has 71 valence electrons. The molecule has 0 heterocycles. The Hall–Kier alpha value is -1.11. The van der Waals surface area contributed by atoms with E-state index in [1.807, 2.05) is 0 Å². The molecule has 0 aromatic rings. The molecule has 1 radical (unpaired) electrons. The first kappa shape index (κ1) is 32.7. The van der Waals surface area contributed by atoms with Crippen LogP contribution in [0.15, 0.2) is 0 Å². The van der Waals surface area contributed by atoms with Gasteiger partial charge in [0, 0.05) is 19.4 Å². The Labute approximate surface area is 73.1 Å². The fourth-order valence-corrected chi connectivity index (χ4v) is 0. The molecule has 0 spiro atoms. The van der Waals surface area contributed by atoms with Crippen LogP contribution < -0.4 is 21.5 Å². The first-order valence-corrected chi connectivity index (χ1v) is 1.41. The molecule has 0 fully saturated rings. The van der Waals surface area contributed by atoms with Crippen LogP contribution in [0.1, 0.15) is 0 Å². The van der Waals surface area contributed by atoms with Crippen LogP contribution in [0.25, 0.3) is 0 Å². The number of hydrogen-bond donors (Lipinski definition) is 1. The second kappa shape index (κ2) is 155. The Kier molecular flexibility index (Phi) is 461. The Morgan fingerprint density at radius 1 is 0.727 bits per heavy atom. The predicted octanol–water partition coefficient (Wildman–Crippen LogP) is -4.53. The van der Waals surface area contributed by atoms with Crippen LogP contribution in [0.2, 0.25) is 0 Å². The van der Waals surface area contributed by atoms with E-state index >= 15 is 0 Å². The summed E-state index contributed by atoms with van der Waals surface area (Å²) in [7, 11) is 0. The Balaban J connectivity index is -0.0000000150. The molecular formula is C3H7CuNO6. The van der Waals surface area contributed by atoms with E-state index in [0.29, 0.717) is 0 Å². The van der Waals surface area contributed by atoms with E-state index in [1.165, 1.54) is 0 Å². The second-order valence-corrected chi connectivity index (χ2v) is 0.289. The minimum Gasteiger partial charge on any atom is -0.554 e. The standard InChI is InChI=1S/3CH2O2.Cu.H3N/c3*2-1-3;;/h3*1H,(H,2,3);;1H3/q;;;+2;/p-2. The summed E-state index contributed by atoms with van der Waals surface area (Å²) in [4.78, 5) is 24.8. The molecule has 0 unspecified atom stereocenters. The van der Waals surface area contributed by atoms with Crippen molar-refractivity contribution in [1.82, 2.24) is 6.15 Å². The largest absolute Gasteiger partial charge is 2.00 e. The van der Waals surface area contributed by atoms with Crippen molar-refractivity contribution in [1.29, 1.82) is 0 Å². The third-order valence-corrected chi connectivity index (χ3v) is 0. The van der Waals surface area contributed by atoms with Gasteiger partial charge in [-0.15, -0.1) is 0 Å². The number of hydrogen-bond acceptors (Lipinski definition) is 6. The zero-order valence-corrected chi connectivity index (χ0v) is 6.42. The number of carboxylic acid groups (broad SMARTS) is 3. The van der Waals surface area contributed by atoms with Gasteiger partial charge in [0.2, 0.25) is 0 Å². The molecule has 8 heteroatoms. The first-order valence-electron chi connectivity index (χ1n) is 1.41. The maximum Gasteiger partial charge on any atom is 2.00 e. The van der Waals surface area contributed by atoms with E-state index in [1.54, 1.807) is 0 Å². The molecule has 0 atom stereocenters. The van der Waals surface area contributed by atoms with E-state index in [2.05, 4.69) is 0 Å². The molecule has 0 aliphatic rings. The van der Waals surface area contributed by atoms with Gasteiger partial charge < -0.3 is 35.9 Å². The average Bonchev–Trinajstić information content (AvgIpc) is 1.70. The van der Waals surface area contributed by atoms with E-state index in [0.717, 1.165) is 0 Å². The minimum absolute atomic E-state index is 0. The molecule has 0 saturated heterocycles. The molecule has 0 aromatic carbocycles. The summed E-state index contributed by atoms with van der Waals surface area (Å²) in [6.07, 6.45) is 0. The van der Waals surface area contributed by atoms with Crippen LogP contribution in [-0.4, -0.2) is 19.4 Å². The van der Waals surface area contributed by atoms with Gasteiger partial charge in [-0.25, -0.2) is 0 Å². The van der Waals surface area contributed by atoms with Gasteiger partial charge in [-0.3, -0.25) is 0 Å². The third-order valence-electron chi connectivity index (χ3n) is 0. The molecular weight excluding hydrogens is 210 g/mol. The van der Waals surface area contributed by atoms with Crippen LogP contribution in [0, 0.1) is 0 Å². The molecule has 0 rings (SSSR count). The normalized spacial score (nSPS) is 3.27. The summed E-state index contributed by atoms with van der Waals surface area (Å²) >= 11 is 0. The smallest absolute Gasteiger partial charge is 0.554 e. The molecule has 11 heavy (non-hydrogen) atoms. The summed E-state index contributed by atoms with van der Waals surface area (Å²) < 4.78 is 0. The second-order valence-electron chi connectivity index (χ2n) is 0.289. The Morgan fingerprint density at radius 3 is 0.727 bits per heavy atom. The van der Waals surface area contributed by atoms with Crippen molar-refractivity contribution in [3.63, 3.8) is 0 Å². The van der Waals surface area contributed by atoms with E-state index < -0.39 is 19.4 Å². The number of rotatable bonds is 0. The Morgan fingerprint density at radius 2 is 0.727 bits per heavy atom. The minimum atomic E-state index is -0.500. The van der Waals surface area contributed by atoms with Crippen LogP contribution in [0.4, 0.5) is 0 Å². The van der Waals surface area contributed by atoms with Gasteiger partial charge >= 0.3 is 17.1 Å². The summed E-state index contributed by atoms with van der Waals surface area (Å²) in [6.45, 7) is -1.50. The summed E-state index contributed by atoms with van der Waals surface area (Å²) in [5, 5.41) is 24.8. The molecule has 0 aliphatic heterocycles. The molecule has 0 bridgehead atoms. The maximum atomic E-state index is 8.25. The van der Waals surface area contributed by atoms with Crippen molar-refractivity contribution in [2.45, 2.75) is 0 Å². The molecule has 0 amide bonds. The van der Waals surface area contributed by atoms with Crippen molar-refractivity contribution in [3.05, 3.63) is 0 Å². The van der Waals surface area contributed by atoms with Crippen molar-refractivity contribution in [2.24, 2.45) is 0 Å². The summed E-state index contributed by atoms with van der Waals surface area (Å²) in [6, 6.07) is 0. The van der Waals surface area contributed by atoms with E-state index in [-0.39, 0.29) is 23.2 Å². The van der Waals surface area contributed by atoms with Crippen LogP contribution in [-0.2, 0) is 31.5 Å². The van der Waals surface area contributed by atoms with Crippen molar-refractivity contribution in [3.8, 4) is 0 Å². The molecule has 0 aliphatic carbocycles. The first-order chi connectivity index (χ1) is 4.24. The SMILES string of the molecule is O=C[O-].O=C[O-].O=C[O-].[Cu+2].[NH4+]. The van der Waals surface area contributed by atoms with Gasteiger partial charge in [0.05, 0.1) is 0 Å². The van der Waals surface area contributed by atoms with Crippen LogP contribution >= 0.6 is 0 Å². The van der Waals surface area contributed by atoms with Crippen molar-refractivity contribution >= 4 is 19.4 Å². The topological polar surface area (TPSA) is 157 Å². The van der Waals surface area contributed by atoms with Crippen LogP contribution in [0.5, 0.6) is 0 Å². The van der Waals surface area contributed by atoms with Crippen molar-refractivity contribution in [2.75, 3.05) is 0 Å². The molecule has 0 saturated carbocycles. The van der Waals surface area contributed by atoms with E-state index in [4.69, 9.17) is 29.7 Å². The van der Waals surface area contributed by atoms with Gasteiger partial charge in [0.25, 0.3) is 0 Å².